The normalized spacial score (nSPS) is 14.2. The van der Waals surface area contributed by atoms with Crippen LogP contribution in [0.1, 0.15) is 29.2 Å². The molecule has 1 saturated heterocycles. The summed E-state index contributed by atoms with van der Waals surface area (Å²) in [4.78, 5) is 25.7. The van der Waals surface area contributed by atoms with Crippen molar-refractivity contribution in [2.75, 3.05) is 12.0 Å². The highest BCUT2D eigenvalue weighted by atomic mass is 32.1. The highest BCUT2D eigenvalue weighted by molar-refractivity contribution is 7.80. The summed E-state index contributed by atoms with van der Waals surface area (Å²) >= 11 is 5.46. The molecule has 0 bridgehead atoms. The molecular formula is C27H25N3O5S. The first kappa shape index (κ1) is 24.9. The van der Waals surface area contributed by atoms with Crippen molar-refractivity contribution in [3.63, 3.8) is 0 Å². The minimum atomic E-state index is -0.469. The van der Waals surface area contributed by atoms with E-state index in [9.17, 15) is 14.9 Å². The summed E-state index contributed by atoms with van der Waals surface area (Å²) in [6, 6.07) is 17.8. The molecule has 0 radical (unpaired) electrons. The molecule has 1 N–H and O–H groups in total. The second-order valence-corrected chi connectivity index (χ2v) is 8.59. The maximum atomic E-state index is 13.2. The number of rotatable bonds is 8. The third kappa shape index (κ3) is 5.06. The molecule has 3 aromatic carbocycles. The van der Waals surface area contributed by atoms with E-state index in [1.165, 1.54) is 18.1 Å². The number of ether oxygens (including phenoxy) is 2. The van der Waals surface area contributed by atoms with Crippen molar-refractivity contribution in [1.29, 1.82) is 0 Å². The Balaban J connectivity index is 1.60. The molecule has 36 heavy (non-hydrogen) atoms. The van der Waals surface area contributed by atoms with Crippen LogP contribution in [0.5, 0.6) is 11.5 Å². The average molecular weight is 504 g/mol. The summed E-state index contributed by atoms with van der Waals surface area (Å²) in [5.41, 5.74) is 4.17. The summed E-state index contributed by atoms with van der Waals surface area (Å²) in [5.74, 6) is 0.482. The lowest BCUT2D eigenvalue weighted by molar-refractivity contribution is -0.386. The van der Waals surface area contributed by atoms with Gasteiger partial charge in [-0.15, -0.1) is 0 Å². The molecule has 0 spiro atoms. The molecule has 1 fully saturated rings. The van der Waals surface area contributed by atoms with E-state index in [1.54, 1.807) is 31.2 Å². The third-order valence-electron chi connectivity index (χ3n) is 5.80. The number of anilines is 1. The monoisotopic (exact) mass is 503 g/mol. The van der Waals surface area contributed by atoms with Gasteiger partial charge in [0.15, 0.2) is 10.9 Å². The molecule has 1 aliphatic heterocycles. The zero-order valence-electron chi connectivity index (χ0n) is 20.1. The number of carbonyl (C=O) groups excluding carboxylic acids is 1. The Labute approximate surface area is 214 Å². The molecular weight excluding hydrogens is 478 g/mol. The van der Waals surface area contributed by atoms with Crippen molar-refractivity contribution in [2.24, 2.45) is 0 Å². The molecule has 184 valence electrons. The number of hydrogen-bond donors (Lipinski definition) is 1. The molecule has 0 atom stereocenters. The molecule has 9 heteroatoms. The van der Waals surface area contributed by atoms with Crippen LogP contribution >= 0.6 is 12.2 Å². The van der Waals surface area contributed by atoms with Crippen molar-refractivity contribution < 1.29 is 19.2 Å². The highest BCUT2D eigenvalue weighted by Gasteiger charge is 2.33. The van der Waals surface area contributed by atoms with Crippen LogP contribution in [0.3, 0.4) is 0 Å². The van der Waals surface area contributed by atoms with Gasteiger partial charge in [-0.3, -0.25) is 19.8 Å². The molecule has 1 aliphatic rings. The largest absolute Gasteiger partial charge is 0.496 e. The number of carbonyl (C=O) groups is 1. The van der Waals surface area contributed by atoms with Gasteiger partial charge in [0, 0.05) is 11.6 Å². The molecule has 0 aromatic heterocycles. The van der Waals surface area contributed by atoms with Crippen LogP contribution in [-0.2, 0) is 17.8 Å². The Kier molecular flexibility index (Phi) is 7.30. The van der Waals surface area contributed by atoms with E-state index in [4.69, 9.17) is 21.7 Å². The Hall–Kier alpha value is -4.24. The van der Waals surface area contributed by atoms with E-state index >= 15 is 0 Å². The smallest absolute Gasteiger partial charge is 0.311 e. The van der Waals surface area contributed by atoms with Gasteiger partial charge in [0.2, 0.25) is 0 Å². The van der Waals surface area contributed by atoms with Crippen molar-refractivity contribution in [3.05, 3.63) is 98.7 Å². The molecule has 0 aliphatic carbocycles. The second kappa shape index (κ2) is 10.6. The van der Waals surface area contributed by atoms with E-state index in [1.807, 2.05) is 43.3 Å². The maximum absolute atomic E-state index is 13.2. The number of nitrogens with zero attached hydrogens (tertiary/aromatic N) is 2. The topological polar surface area (TPSA) is 93.9 Å². The predicted molar refractivity (Wildman–Crippen MR) is 142 cm³/mol. The minimum Gasteiger partial charge on any atom is -0.496 e. The first-order valence-electron chi connectivity index (χ1n) is 11.3. The summed E-state index contributed by atoms with van der Waals surface area (Å²) in [5, 5.41) is 14.8. The number of methoxy groups -OCH3 is 1. The van der Waals surface area contributed by atoms with Crippen LogP contribution in [0, 0.1) is 17.0 Å². The number of hydrogen-bond acceptors (Lipinski definition) is 6. The predicted octanol–water partition coefficient (Wildman–Crippen LogP) is 5.32. The first-order valence-corrected chi connectivity index (χ1v) is 11.7. The zero-order chi connectivity index (χ0) is 25.8. The molecule has 1 amide bonds. The number of thiocarbonyl (C=S) groups is 1. The second-order valence-electron chi connectivity index (χ2n) is 8.20. The van der Waals surface area contributed by atoms with E-state index in [0.717, 1.165) is 28.8 Å². The SMILES string of the molecule is CCc1ccccc1N1C(=O)/C(=C\c2ccc(OC)c(COc3ccc(C)cc3[N+](=O)[O-])c2)NC1=S. The fourth-order valence-corrected chi connectivity index (χ4v) is 4.29. The zero-order valence-corrected chi connectivity index (χ0v) is 20.9. The van der Waals surface area contributed by atoms with E-state index in [2.05, 4.69) is 5.32 Å². The number of nitro benzene ring substituents is 1. The van der Waals surface area contributed by atoms with Gasteiger partial charge in [-0.25, -0.2) is 0 Å². The molecule has 0 unspecified atom stereocenters. The van der Waals surface area contributed by atoms with Gasteiger partial charge >= 0.3 is 5.69 Å². The fourth-order valence-electron chi connectivity index (χ4n) is 4.00. The molecule has 1 heterocycles. The Morgan fingerprint density at radius 1 is 1.08 bits per heavy atom. The number of para-hydroxylation sites is 1. The molecule has 4 rings (SSSR count). The lowest BCUT2D eigenvalue weighted by Crippen LogP contribution is -2.31. The van der Waals surface area contributed by atoms with Crippen LogP contribution in [0.25, 0.3) is 6.08 Å². The summed E-state index contributed by atoms with van der Waals surface area (Å²) in [7, 11) is 1.54. The van der Waals surface area contributed by atoms with Crippen LogP contribution in [0.2, 0.25) is 0 Å². The summed E-state index contributed by atoms with van der Waals surface area (Å²) < 4.78 is 11.2. The first-order chi connectivity index (χ1) is 17.3. The average Bonchev–Trinajstić information content (AvgIpc) is 3.15. The van der Waals surface area contributed by atoms with Crippen molar-refractivity contribution in [2.45, 2.75) is 26.9 Å². The number of nitro groups is 1. The van der Waals surface area contributed by atoms with Crippen LogP contribution in [0.4, 0.5) is 11.4 Å². The van der Waals surface area contributed by atoms with E-state index in [0.29, 0.717) is 22.1 Å². The van der Waals surface area contributed by atoms with Gasteiger partial charge in [0.1, 0.15) is 18.1 Å². The van der Waals surface area contributed by atoms with Crippen molar-refractivity contribution in [3.8, 4) is 11.5 Å². The van der Waals surface area contributed by atoms with E-state index < -0.39 is 4.92 Å². The number of benzene rings is 3. The highest BCUT2D eigenvalue weighted by Crippen LogP contribution is 2.31. The lowest BCUT2D eigenvalue weighted by atomic mass is 10.1. The van der Waals surface area contributed by atoms with E-state index in [-0.39, 0.29) is 24.0 Å². The minimum absolute atomic E-state index is 0.0415. The van der Waals surface area contributed by atoms with Gasteiger partial charge in [-0.1, -0.05) is 37.3 Å². The molecule has 0 saturated carbocycles. The van der Waals surface area contributed by atoms with Gasteiger partial charge < -0.3 is 14.8 Å². The summed E-state index contributed by atoms with van der Waals surface area (Å²) in [6.07, 6.45) is 2.48. The van der Waals surface area contributed by atoms with Gasteiger partial charge in [0.25, 0.3) is 5.91 Å². The van der Waals surface area contributed by atoms with Gasteiger partial charge in [-0.05, 0) is 72.6 Å². The third-order valence-corrected chi connectivity index (χ3v) is 6.09. The van der Waals surface area contributed by atoms with Gasteiger partial charge in [0.05, 0.1) is 17.7 Å². The molecule has 3 aromatic rings. The standard InChI is InChI=1S/C27H25N3O5S/c1-4-19-7-5-6-8-22(19)29-26(31)21(28-27(29)36)15-18-10-12-24(34-3)20(14-18)16-35-25-11-9-17(2)13-23(25)30(32)33/h5-15H,4,16H2,1-3H3,(H,28,36)/b21-15+. The van der Waals surface area contributed by atoms with Gasteiger partial charge in [-0.2, -0.15) is 0 Å². The number of aryl methyl sites for hydroxylation is 2. The Morgan fingerprint density at radius 3 is 2.56 bits per heavy atom. The van der Waals surface area contributed by atoms with Crippen LogP contribution in [-0.4, -0.2) is 23.1 Å². The maximum Gasteiger partial charge on any atom is 0.311 e. The summed E-state index contributed by atoms with van der Waals surface area (Å²) in [6.45, 7) is 3.85. The Bertz CT molecular complexity index is 1390. The number of amides is 1. The van der Waals surface area contributed by atoms with Crippen molar-refractivity contribution >= 4 is 40.7 Å². The van der Waals surface area contributed by atoms with Crippen LogP contribution in [0.15, 0.2) is 66.4 Å². The molecule has 8 nitrogen and oxygen atoms in total. The number of nitrogens with one attached hydrogen (secondary N) is 1. The fraction of sp³-hybridized carbons (Fsp3) is 0.185. The Morgan fingerprint density at radius 2 is 1.83 bits per heavy atom. The lowest BCUT2D eigenvalue weighted by Gasteiger charge is -2.17. The quantitative estimate of drug-likeness (QED) is 0.193. The van der Waals surface area contributed by atoms with Crippen LogP contribution < -0.4 is 19.7 Å². The van der Waals surface area contributed by atoms with Crippen molar-refractivity contribution in [1.82, 2.24) is 5.32 Å².